The van der Waals surface area contributed by atoms with Gasteiger partial charge < -0.3 is 10.6 Å². The van der Waals surface area contributed by atoms with Gasteiger partial charge in [0.2, 0.25) is 0 Å². The molecule has 28 heavy (non-hydrogen) atoms. The lowest BCUT2D eigenvalue weighted by atomic mass is 9.83. The fourth-order valence-electron chi connectivity index (χ4n) is 5.34. The highest BCUT2D eigenvalue weighted by Gasteiger charge is 2.35. The van der Waals surface area contributed by atoms with Crippen LogP contribution in [0.5, 0.6) is 0 Å². The Labute approximate surface area is 168 Å². The van der Waals surface area contributed by atoms with E-state index in [1.165, 1.54) is 72.4 Å². The monoisotopic (exact) mass is 376 g/mol. The van der Waals surface area contributed by atoms with Crippen LogP contribution in [0.15, 0.2) is 18.3 Å². The third kappa shape index (κ3) is 3.17. The Balaban J connectivity index is 1.51. The summed E-state index contributed by atoms with van der Waals surface area (Å²) in [5.74, 6) is 0.475. The predicted molar refractivity (Wildman–Crippen MR) is 115 cm³/mol. The summed E-state index contributed by atoms with van der Waals surface area (Å²) < 4.78 is 0. The van der Waals surface area contributed by atoms with Crippen LogP contribution in [0.2, 0.25) is 0 Å². The van der Waals surface area contributed by atoms with Crippen molar-refractivity contribution in [2.24, 2.45) is 5.92 Å². The van der Waals surface area contributed by atoms with Gasteiger partial charge in [0, 0.05) is 23.3 Å². The van der Waals surface area contributed by atoms with Crippen LogP contribution in [0.1, 0.15) is 80.2 Å². The molecule has 0 amide bonds. The lowest BCUT2D eigenvalue weighted by Gasteiger charge is -2.39. The molecule has 3 unspecified atom stereocenters. The van der Waals surface area contributed by atoms with E-state index in [1.54, 1.807) is 0 Å². The van der Waals surface area contributed by atoms with Gasteiger partial charge in [0.05, 0.1) is 29.3 Å². The largest absolute Gasteiger partial charge is 0.380 e. The fraction of sp³-hybridized carbons (Fsp3) is 0.583. The number of pyridine rings is 2. The molecule has 4 nitrogen and oxygen atoms in total. The van der Waals surface area contributed by atoms with Gasteiger partial charge in [0.1, 0.15) is 0 Å². The number of rotatable bonds is 3. The van der Waals surface area contributed by atoms with E-state index in [1.807, 2.05) is 6.20 Å². The molecule has 0 saturated heterocycles. The van der Waals surface area contributed by atoms with Gasteiger partial charge in [-0.1, -0.05) is 13.8 Å². The molecule has 3 atom stereocenters. The Hall–Kier alpha value is -2.10. The molecule has 2 aromatic rings. The van der Waals surface area contributed by atoms with Crippen molar-refractivity contribution in [1.29, 1.82) is 0 Å². The molecule has 3 heterocycles. The average Bonchev–Trinajstić information content (AvgIpc) is 2.74. The van der Waals surface area contributed by atoms with E-state index < -0.39 is 0 Å². The Bertz CT molecular complexity index is 875. The highest BCUT2D eigenvalue weighted by Crippen LogP contribution is 2.40. The maximum absolute atomic E-state index is 5.19. The van der Waals surface area contributed by atoms with Crippen LogP contribution in [0.25, 0.3) is 0 Å². The van der Waals surface area contributed by atoms with Crippen LogP contribution in [-0.4, -0.2) is 16.0 Å². The minimum atomic E-state index is 0.233. The van der Waals surface area contributed by atoms with Gasteiger partial charge in [-0.15, -0.1) is 0 Å². The van der Waals surface area contributed by atoms with Crippen LogP contribution in [0, 0.1) is 5.92 Å². The smallest absolute Gasteiger partial charge is 0.0864 e. The summed E-state index contributed by atoms with van der Waals surface area (Å²) in [6.07, 6.45) is 12.9. The van der Waals surface area contributed by atoms with E-state index in [2.05, 4.69) is 36.6 Å². The molecular weight excluding hydrogens is 344 g/mol. The summed E-state index contributed by atoms with van der Waals surface area (Å²) >= 11 is 0. The van der Waals surface area contributed by atoms with Crippen LogP contribution < -0.4 is 10.6 Å². The highest BCUT2D eigenvalue weighted by molar-refractivity contribution is 5.59. The molecule has 0 fully saturated rings. The first-order valence-electron chi connectivity index (χ1n) is 11.3. The normalized spacial score (nSPS) is 25.9. The van der Waals surface area contributed by atoms with E-state index in [0.717, 1.165) is 24.9 Å². The number of aryl methyl sites for hydroxylation is 4. The zero-order valence-electron chi connectivity index (χ0n) is 17.2. The SMILES string of the molecule is CCC1Nc2cc3c(nc2C(Nc2cnc4c(c2)CCCC4)C1C)CCCC3. The zero-order valence-corrected chi connectivity index (χ0v) is 17.2. The first-order chi connectivity index (χ1) is 13.7. The van der Waals surface area contributed by atoms with Crippen LogP contribution >= 0.6 is 0 Å². The first kappa shape index (κ1) is 18.0. The third-order valence-electron chi connectivity index (χ3n) is 7.06. The van der Waals surface area contributed by atoms with Crippen molar-refractivity contribution >= 4 is 11.4 Å². The first-order valence-corrected chi connectivity index (χ1v) is 11.3. The second kappa shape index (κ2) is 7.38. The summed E-state index contributed by atoms with van der Waals surface area (Å²) in [5.41, 5.74) is 9.11. The number of anilines is 2. The minimum absolute atomic E-state index is 0.233. The molecule has 0 aromatic carbocycles. The highest BCUT2D eigenvalue weighted by atomic mass is 15.1. The molecule has 2 aliphatic carbocycles. The van der Waals surface area contributed by atoms with Gasteiger partial charge in [-0.05, 0) is 81.0 Å². The van der Waals surface area contributed by atoms with Crippen molar-refractivity contribution in [2.45, 2.75) is 83.7 Å². The summed E-state index contributed by atoms with van der Waals surface area (Å²) in [4.78, 5) is 9.97. The van der Waals surface area contributed by atoms with Crippen molar-refractivity contribution in [2.75, 3.05) is 10.6 Å². The summed E-state index contributed by atoms with van der Waals surface area (Å²) in [6.45, 7) is 4.64. The molecule has 2 N–H and O–H groups in total. The van der Waals surface area contributed by atoms with Gasteiger partial charge in [-0.2, -0.15) is 0 Å². The number of nitrogens with one attached hydrogen (secondary N) is 2. The molecule has 5 rings (SSSR count). The summed E-state index contributed by atoms with van der Waals surface area (Å²) in [5, 5.41) is 7.64. The predicted octanol–water partition coefficient (Wildman–Crippen LogP) is 5.23. The Morgan fingerprint density at radius 3 is 2.50 bits per heavy atom. The van der Waals surface area contributed by atoms with Gasteiger partial charge in [0.15, 0.2) is 0 Å². The maximum atomic E-state index is 5.19. The molecular formula is C24H32N4. The molecule has 148 valence electrons. The Morgan fingerprint density at radius 1 is 1.00 bits per heavy atom. The molecule has 1 aliphatic heterocycles. The second-order valence-electron chi connectivity index (χ2n) is 8.91. The summed E-state index contributed by atoms with van der Waals surface area (Å²) in [6, 6.07) is 5.44. The topological polar surface area (TPSA) is 49.8 Å². The third-order valence-corrected chi connectivity index (χ3v) is 7.06. The molecule has 0 radical (unpaired) electrons. The molecule has 2 aromatic heterocycles. The molecule has 0 saturated carbocycles. The number of fused-ring (bicyclic) bond motifs is 3. The molecule has 3 aliphatic rings. The molecule has 0 bridgehead atoms. The lowest BCUT2D eigenvalue weighted by Crippen LogP contribution is -2.40. The van der Waals surface area contributed by atoms with Crippen LogP contribution in [-0.2, 0) is 25.7 Å². The van der Waals surface area contributed by atoms with Crippen molar-refractivity contribution < 1.29 is 0 Å². The van der Waals surface area contributed by atoms with E-state index in [-0.39, 0.29) is 6.04 Å². The van der Waals surface area contributed by atoms with Crippen molar-refractivity contribution in [3.8, 4) is 0 Å². The van der Waals surface area contributed by atoms with E-state index in [9.17, 15) is 0 Å². The molecule has 4 heteroatoms. The van der Waals surface area contributed by atoms with E-state index >= 15 is 0 Å². The number of hydrogen-bond acceptors (Lipinski definition) is 4. The quantitative estimate of drug-likeness (QED) is 0.770. The van der Waals surface area contributed by atoms with Crippen molar-refractivity contribution in [3.05, 3.63) is 46.5 Å². The van der Waals surface area contributed by atoms with Gasteiger partial charge in [-0.25, -0.2) is 0 Å². The van der Waals surface area contributed by atoms with E-state index in [4.69, 9.17) is 9.97 Å². The lowest BCUT2D eigenvalue weighted by molar-refractivity contribution is 0.392. The number of aromatic nitrogens is 2. The molecule has 0 spiro atoms. The fourth-order valence-corrected chi connectivity index (χ4v) is 5.34. The Morgan fingerprint density at radius 2 is 1.71 bits per heavy atom. The second-order valence-corrected chi connectivity index (χ2v) is 8.91. The Kier molecular flexibility index (Phi) is 4.73. The van der Waals surface area contributed by atoms with Gasteiger partial charge in [-0.3, -0.25) is 9.97 Å². The summed E-state index contributed by atoms with van der Waals surface area (Å²) in [7, 11) is 0. The number of hydrogen-bond donors (Lipinski definition) is 2. The van der Waals surface area contributed by atoms with Crippen LogP contribution in [0.3, 0.4) is 0 Å². The zero-order chi connectivity index (χ0) is 19.1. The number of nitrogens with zero attached hydrogens (tertiary/aromatic N) is 2. The minimum Gasteiger partial charge on any atom is -0.380 e. The average molecular weight is 377 g/mol. The van der Waals surface area contributed by atoms with Crippen LogP contribution in [0.4, 0.5) is 11.4 Å². The van der Waals surface area contributed by atoms with Crippen molar-refractivity contribution in [1.82, 2.24) is 9.97 Å². The van der Waals surface area contributed by atoms with Gasteiger partial charge >= 0.3 is 0 Å². The maximum Gasteiger partial charge on any atom is 0.0864 e. The van der Waals surface area contributed by atoms with Gasteiger partial charge in [0.25, 0.3) is 0 Å². The van der Waals surface area contributed by atoms with Crippen molar-refractivity contribution in [3.63, 3.8) is 0 Å². The standard InChI is InChI=1S/C24H32N4/c1-3-19-15(2)23(26-18-12-16-8-4-6-10-20(16)25-14-18)24-22(27-19)13-17-9-5-7-11-21(17)28-24/h12-15,19,23,26-27H,3-11H2,1-2H3. The van der Waals surface area contributed by atoms with E-state index in [0.29, 0.717) is 12.0 Å².